The number of rotatable bonds is 4. The Hall–Kier alpha value is -0.280. The Bertz CT molecular complexity index is 321. The number of halogens is 2. The maximum absolute atomic E-state index is 6.13. The molecule has 0 amide bonds. The van der Waals surface area contributed by atoms with Gasteiger partial charge in [-0.05, 0) is 12.8 Å². The molecule has 0 radical (unpaired) electrons. The highest BCUT2D eigenvalue weighted by Crippen LogP contribution is 2.35. The predicted molar refractivity (Wildman–Crippen MR) is 64.8 cm³/mol. The minimum atomic E-state index is -1.28. The second-order valence-corrected chi connectivity index (χ2v) is 5.09. The zero-order valence-electron chi connectivity index (χ0n) is 8.86. The van der Waals surface area contributed by atoms with Crippen LogP contribution in [0.25, 0.3) is 0 Å². The zero-order chi connectivity index (χ0) is 11.4. The summed E-state index contributed by atoms with van der Waals surface area (Å²) in [5.74, 6) is 0. The number of hydrogen-bond acceptors (Lipinski definition) is 2. The summed E-state index contributed by atoms with van der Waals surface area (Å²) in [7, 11) is 0. The molecule has 4 heteroatoms. The lowest BCUT2D eigenvalue weighted by atomic mass is 10.2. The van der Waals surface area contributed by atoms with Crippen LogP contribution < -0.4 is 0 Å². The summed E-state index contributed by atoms with van der Waals surface area (Å²) in [6.45, 7) is 1.23. The van der Waals surface area contributed by atoms with Crippen molar-refractivity contribution in [2.24, 2.45) is 0 Å². The molecule has 2 nitrogen and oxygen atoms in total. The van der Waals surface area contributed by atoms with Crippen LogP contribution in [0.5, 0.6) is 0 Å². The van der Waals surface area contributed by atoms with Crippen LogP contribution in [0.2, 0.25) is 0 Å². The summed E-state index contributed by atoms with van der Waals surface area (Å²) in [5.41, 5.74) is 0.747. The summed E-state index contributed by atoms with van der Waals surface area (Å²) in [4.78, 5) is 0. The molecular formula is C12H14Cl2O2. The van der Waals surface area contributed by atoms with Crippen LogP contribution in [0, 0.1) is 0 Å². The first kappa shape index (κ1) is 12.2. The molecular weight excluding hydrogens is 247 g/mol. The van der Waals surface area contributed by atoms with Gasteiger partial charge in [0, 0.05) is 12.2 Å². The summed E-state index contributed by atoms with van der Waals surface area (Å²) in [6, 6.07) is 9.35. The topological polar surface area (TPSA) is 18.5 Å². The molecule has 1 atom stereocenters. The molecule has 88 valence electrons. The zero-order valence-corrected chi connectivity index (χ0v) is 10.4. The molecule has 0 aromatic heterocycles. The lowest BCUT2D eigenvalue weighted by molar-refractivity contribution is -0.00980. The van der Waals surface area contributed by atoms with Crippen molar-refractivity contribution in [3.05, 3.63) is 35.9 Å². The monoisotopic (exact) mass is 260 g/mol. The van der Waals surface area contributed by atoms with E-state index in [0.29, 0.717) is 6.61 Å². The standard InChI is InChI=1S/C12H14Cl2O2/c13-12(14,10-5-2-1-3-6-10)16-9-11-7-4-8-15-11/h1-3,5-6,11H,4,7-9H2/t11-/m0/s1. The average Bonchev–Trinajstić information content (AvgIpc) is 2.81. The summed E-state index contributed by atoms with van der Waals surface area (Å²) in [6.07, 6.45) is 2.22. The minimum absolute atomic E-state index is 0.126. The maximum atomic E-state index is 6.13. The number of hydrogen-bond donors (Lipinski definition) is 0. The van der Waals surface area contributed by atoms with Gasteiger partial charge < -0.3 is 9.47 Å². The van der Waals surface area contributed by atoms with E-state index in [2.05, 4.69) is 0 Å². The van der Waals surface area contributed by atoms with Crippen molar-refractivity contribution in [3.63, 3.8) is 0 Å². The lowest BCUT2D eigenvalue weighted by Gasteiger charge is -2.22. The van der Waals surface area contributed by atoms with Crippen molar-refractivity contribution in [2.75, 3.05) is 13.2 Å². The SMILES string of the molecule is ClC(Cl)(OC[C@@H]1CCCO1)c1ccccc1. The fraction of sp³-hybridized carbons (Fsp3) is 0.500. The number of benzene rings is 1. The Morgan fingerprint density at radius 1 is 1.31 bits per heavy atom. The highest BCUT2D eigenvalue weighted by molar-refractivity contribution is 6.46. The van der Waals surface area contributed by atoms with Gasteiger partial charge in [0.2, 0.25) is 4.52 Å². The van der Waals surface area contributed by atoms with Crippen molar-refractivity contribution in [1.82, 2.24) is 0 Å². The molecule has 0 spiro atoms. The largest absolute Gasteiger partial charge is 0.376 e. The smallest absolute Gasteiger partial charge is 0.244 e. The highest BCUT2D eigenvalue weighted by Gasteiger charge is 2.29. The second kappa shape index (κ2) is 5.37. The minimum Gasteiger partial charge on any atom is -0.376 e. The molecule has 1 aliphatic heterocycles. The molecule has 0 aliphatic carbocycles. The van der Waals surface area contributed by atoms with E-state index in [9.17, 15) is 0 Å². The van der Waals surface area contributed by atoms with Crippen LogP contribution in [-0.4, -0.2) is 19.3 Å². The van der Waals surface area contributed by atoms with E-state index in [1.807, 2.05) is 30.3 Å². The number of alkyl halides is 2. The molecule has 16 heavy (non-hydrogen) atoms. The Kier molecular flexibility index (Phi) is 4.09. The van der Waals surface area contributed by atoms with E-state index in [4.69, 9.17) is 32.7 Å². The average molecular weight is 261 g/mol. The predicted octanol–water partition coefficient (Wildman–Crippen LogP) is 3.47. The molecule has 1 aliphatic rings. The third-order valence-electron chi connectivity index (χ3n) is 2.58. The Morgan fingerprint density at radius 2 is 2.06 bits per heavy atom. The Balaban J connectivity index is 1.92. The van der Waals surface area contributed by atoms with Gasteiger partial charge in [0.1, 0.15) is 0 Å². The first-order chi connectivity index (χ1) is 7.68. The fourth-order valence-corrected chi connectivity index (χ4v) is 2.07. The molecule has 0 bridgehead atoms. The van der Waals surface area contributed by atoms with Crippen LogP contribution in [0.4, 0.5) is 0 Å². The van der Waals surface area contributed by atoms with Gasteiger partial charge in [0.25, 0.3) is 0 Å². The summed E-state index contributed by atoms with van der Waals surface area (Å²) >= 11 is 12.3. The number of ether oxygens (including phenoxy) is 2. The van der Waals surface area contributed by atoms with Gasteiger partial charge in [-0.15, -0.1) is 0 Å². The Labute approximate surface area is 105 Å². The first-order valence-corrected chi connectivity index (χ1v) is 6.13. The van der Waals surface area contributed by atoms with Crippen LogP contribution in [0.3, 0.4) is 0 Å². The fourth-order valence-electron chi connectivity index (χ4n) is 1.69. The van der Waals surface area contributed by atoms with Gasteiger partial charge in [-0.25, -0.2) is 0 Å². The van der Waals surface area contributed by atoms with Crippen molar-refractivity contribution in [3.8, 4) is 0 Å². The molecule has 1 heterocycles. The first-order valence-electron chi connectivity index (χ1n) is 5.37. The summed E-state index contributed by atoms with van der Waals surface area (Å²) < 4.78 is 9.66. The van der Waals surface area contributed by atoms with Gasteiger partial charge in [0.15, 0.2) is 0 Å². The van der Waals surface area contributed by atoms with Crippen LogP contribution in [0.15, 0.2) is 30.3 Å². The molecule has 0 saturated carbocycles. The third kappa shape index (κ3) is 3.11. The normalized spacial score (nSPS) is 21.2. The van der Waals surface area contributed by atoms with Crippen molar-refractivity contribution < 1.29 is 9.47 Å². The molecule has 2 rings (SSSR count). The Morgan fingerprint density at radius 3 is 2.69 bits per heavy atom. The molecule has 1 saturated heterocycles. The molecule has 0 unspecified atom stereocenters. The van der Waals surface area contributed by atoms with E-state index >= 15 is 0 Å². The second-order valence-electron chi connectivity index (χ2n) is 3.83. The van der Waals surface area contributed by atoms with Crippen molar-refractivity contribution in [1.29, 1.82) is 0 Å². The molecule has 1 aromatic carbocycles. The summed E-state index contributed by atoms with van der Waals surface area (Å²) in [5, 5.41) is 0. The van der Waals surface area contributed by atoms with Gasteiger partial charge in [-0.1, -0.05) is 53.5 Å². The van der Waals surface area contributed by atoms with Gasteiger partial charge in [-0.3, -0.25) is 0 Å². The maximum Gasteiger partial charge on any atom is 0.244 e. The van der Waals surface area contributed by atoms with Gasteiger partial charge in [-0.2, -0.15) is 0 Å². The molecule has 0 N–H and O–H groups in total. The van der Waals surface area contributed by atoms with E-state index in [-0.39, 0.29) is 6.10 Å². The molecule has 1 aromatic rings. The van der Waals surface area contributed by atoms with Gasteiger partial charge in [0.05, 0.1) is 12.7 Å². The van der Waals surface area contributed by atoms with E-state index in [1.165, 1.54) is 0 Å². The highest BCUT2D eigenvalue weighted by atomic mass is 35.5. The van der Waals surface area contributed by atoms with Crippen LogP contribution >= 0.6 is 23.2 Å². The molecule has 1 fully saturated rings. The van der Waals surface area contributed by atoms with E-state index < -0.39 is 4.52 Å². The van der Waals surface area contributed by atoms with Crippen LogP contribution in [0.1, 0.15) is 18.4 Å². The quantitative estimate of drug-likeness (QED) is 0.772. The third-order valence-corrected chi connectivity index (χ3v) is 3.24. The lowest BCUT2D eigenvalue weighted by Crippen LogP contribution is -2.23. The van der Waals surface area contributed by atoms with Gasteiger partial charge >= 0.3 is 0 Å². The van der Waals surface area contributed by atoms with E-state index in [0.717, 1.165) is 25.0 Å². The van der Waals surface area contributed by atoms with E-state index in [1.54, 1.807) is 0 Å². The van der Waals surface area contributed by atoms with Crippen LogP contribution in [-0.2, 0) is 14.0 Å². The van der Waals surface area contributed by atoms with Crippen molar-refractivity contribution >= 4 is 23.2 Å². The van der Waals surface area contributed by atoms with Crippen molar-refractivity contribution in [2.45, 2.75) is 23.5 Å².